The number of fused-ring (bicyclic) bond motifs is 1. The molecule has 1 aliphatic heterocycles. The van der Waals surface area contributed by atoms with Gasteiger partial charge in [-0.15, -0.1) is 0 Å². The highest BCUT2D eigenvalue weighted by molar-refractivity contribution is 6.11. The van der Waals surface area contributed by atoms with Crippen molar-refractivity contribution < 1.29 is 9.59 Å². The van der Waals surface area contributed by atoms with Crippen molar-refractivity contribution in [3.63, 3.8) is 0 Å². The minimum absolute atomic E-state index is 0.0313. The average molecular weight is 233 g/mol. The standard InChI is InChI=1S/C12H15N3O2/c1-2-8(13)12(17)15-7-11(16)14-9-5-3-4-6-10(9)15/h3-6,8H,2,7,13H2,1H3,(H,14,16)/t8-/m0/s1. The number of hydrogen-bond acceptors (Lipinski definition) is 3. The Morgan fingerprint density at radius 1 is 1.53 bits per heavy atom. The Kier molecular flexibility index (Phi) is 3.10. The Morgan fingerprint density at radius 2 is 2.24 bits per heavy atom. The molecule has 2 rings (SSSR count). The van der Waals surface area contributed by atoms with Gasteiger partial charge < -0.3 is 11.1 Å². The zero-order chi connectivity index (χ0) is 12.4. The van der Waals surface area contributed by atoms with Crippen molar-refractivity contribution in [3.05, 3.63) is 24.3 Å². The number of nitrogens with one attached hydrogen (secondary N) is 1. The molecule has 0 bridgehead atoms. The molecule has 0 saturated carbocycles. The number of amides is 2. The van der Waals surface area contributed by atoms with E-state index >= 15 is 0 Å². The highest BCUT2D eigenvalue weighted by Crippen LogP contribution is 2.29. The quantitative estimate of drug-likeness (QED) is 0.789. The minimum atomic E-state index is -0.561. The van der Waals surface area contributed by atoms with Crippen LogP contribution in [-0.4, -0.2) is 24.4 Å². The molecule has 1 atom stereocenters. The van der Waals surface area contributed by atoms with Gasteiger partial charge in [0.2, 0.25) is 11.8 Å². The van der Waals surface area contributed by atoms with Crippen LogP contribution >= 0.6 is 0 Å². The number of nitrogens with two attached hydrogens (primary N) is 1. The predicted octanol–water partition coefficient (Wildman–Crippen LogP) is 0.709. The molecule has 0 spiro atoms. The number of nitrogens with zero attached hydrogens (tertiary/aromatic N) is 1. The lowest BCUT2D eigenvalue weighted by molar-refractivity contribution is -0.122. The van der Waals surface area contributed by atoms with Crippen molar-refractivity contribution in [3.8, 4) is 0 Å². The summed E-state index contributed by atoms with van der Waals surface area (Å²) < 4.78 is 0. The molecule has 90 valence electrons. The van der Waals surface area contributed by atoms with Gasteiger partial charge in [-0.1, -0.05) is 19.1 Å². The van der Waals surface area contributed by atoms with Gasteiger partial charge >= 0.3 is 0 Å². The lowest BCUT2D eigenvalue weighted by Crippen LogP contribution is -2.49. The summed E-state index contributed by atoms with van der Waals surface area (Å²) in [5.74, 6) is -0.407. The minimum Gasteiger partial charge on any atom is -0.323 e. The fourth-order valence-electron chi connectivity index (χ4n) is 1.80. The molecule has 0 radical (unpaired) electrons. The molecular formula is C12H15N3O2. The van der Waals surface area contributed by atoms with Crippen LogP contribution in [0.2, 0.25) is 0 Å². The fourth-order valence-corrected chi connectivity index (χ4v) is 1.80. The predicted molar refractivity (Wildman–Crippen MR) is 65.7 cm³/mol. The van der Waals surface area contributed by atoms with Gasteiger partial charge in [0, 0.05) is 0 Å². The van der Waals surface area contributed by atoms with E-state index in [1.807, 2.05) is 19.1 Å². The first kappa shape index (κ1) is 11.6. The molecule has 0 unspecified atom stereocenters. The van der Waals surface area contributed by atoms with Gasteiger partial charge in [-0.3, -0.25) is 14.5 Å². The van der Waals surface area contributed by atoms with E-state index in [1.165, 1.54) is 4.90 Å². The van der Waals surface area contributed by atoms with Crippen LogP contribution in [0.25, 0.3) is 0 Å². The molecule has 1 heterocycles. The summed E-state index contributed by atoms with van der Waals surface area (Å²) in [7, 11) is 0. The Bertz CT molecular complexity index is 459. The van der Waals surface area contributed by atoms with E-state index in [9.17, 15) is 9.59 Å². The summed E-state index contributed by atoms with van der Waals surface area (Å²) in [6.45, 7) is 1.88. The number of carbonyl (C=O) groups is 2. The number of carbonyl (C=O) groups excluding carboxylic acids is 2. The van der Waals surface area contributed by atoms with E-state index in [4.69, 9.17) is 5.73 Å². The third kappa shape index (κ3) is 2.14. The van der Waals surface area contributed by atoms with E-state index in [-0.39, 0.29) is 18.4 Å². The first-order valence-corrected chi connectivity index (χ1v) is 5.59. The van der Waals surface area contributed by atoms with E-state index in [0.29, 0.717) is 17.8 Å². The number of anilines is 2. The maximum atomic E-state index is 12.1. The van der Waals surface area contributed by atoms with Crippen molar-refractivity contribution in [2.75, 3.05) is 16.8 Å². The van der Waals surface area contributed by atoms with E-state index in [1.54, 1.807) is 12.1 Å². The Balaban J connectivity index is 2.36. The lowest BCUT2D eigenvalue weighted by Gasteiger charge is -2.30. The maximum Gasteiger partial charge on any atom is 0.244 e. The van der Waals surface area contributed by atoms with Gasteiger partial charge in [-0.2, -0.15) is 0 Å². The van der Waals surface area contributed by atoms with E-state index in [0.717, 1.165) is 0 Å². The molecule has 2 amide bonds. The number of benzene rings is 1. The average Bonchev–Trinajstić information content (AvgIpc) is 2.35. The molecule has 17 heavy (non-hydrogen) atoms. The number of hydrogen-bond donors (Lipinski definition) is 2. The van der Waals surface area contributed by atoms with E-state index in [2.05, 4.69) is 5.32 Å². The van der Waals surface area contributed by atoms with Crippen molar-refractivity contribution in [2.24, 2.45) is 5.73 Å². The van der Waals surface area contributed by atoms with Gasteiger partial charge in [0.05, 0.1) is 17.4 Å². The summed E-state index contributed by atoms with van der Waals surface area (Å²) in [6.07, 6.45) is 0.555. The van der Waals surface area contributed by atoms with Crippen LogP contribution in [0.5, 0.6) is 0 Å². The van der Waals surface area contributed by atoms with Gasteiger partial charge in [0.1, 0.15) is 6.54 Å². The molecule has 0 fully saturated rings. The van der Waals surface area contributed by atoms with Gasteiger partial charge in [0.25, 0.3) is 0 Å². The molecular weight excluding hydrogens is 218 g/mol. The highest BCUT2D eigenvalue weighted by Gasteiger charge is 2.28. The first-order valence-electron chi connectivity index (χ1n) is 5.59. The monoisotopic (exact) mass is 233 g/mol. The van der Waals surface area contributed by atoms with Crippen molar-refractivity contribution >= 4 is 23.2 Å². The summed E-state index contributed by atoms with van der Waals surface area (Å²) in [4.78, 5) is 25.0. The topological polar surface area (TPSA) is 75.4 Å². The van der Waals surface area contributed by atoms with Crippen molar-refractivity contribution in [1.82, 2.24) is 0 Å². The SMILES string of the molecule is CC[C@H](N)C(=O)N1CC(=O)Nc2ccccc21. The zero-order valence-corrected chi connectivity index (χ0v) is 9.64. The summed E-state index contributed by atoms with van der Waals surface area (Å²) in [5, 5.41) is 2.73. The van der Waals surface area contributed by atoms with Crippen LogP contribution < -0.4 is 16.0 Å². The third-order valence-electron chi connectivity index (χ3n) is 2.79. The molecule has 3 N–H and O–H groups in total. The van der Waals surface area contributed by atoms with Crippen LogP contribution in [0, 0.1) is 0 Å². The Morgan fingerprint density at radius 3 is 2.94 bits per heavy atom. The lowest BCUT2D eigenvalue weighted by atomic mass is 10.1. The second-order valence-electron chi connectivity index (χ2n) is 4.00. The van der Waals surface area contributed by atoms with Gasteiger partial charge in [-0.05, 0) is 18.6 Å². The molecule has 0 aliphatic carbocycles. The normalized spacial score (nSPS) is 16.1. The Labute approximate surface area is 99.6 Å². The molecule has 1 aromatic carbocycles. The first-order chi connectivity index (χ1) is 8.13. The molecule has 5 nitrogen and oxygen atoms in total. The third-order valence-corrected chi connectivity index (χ3v) is 2.79. The van der Waals surface area contributed by atoms with Crippen LogP contribution in [0.1, 0.15) is 13.3 Å². The van der Waals surface area contributed by atoms with Crippen LogP contribution in [0.4, 0.5) is 11.4 Å². The van der Waals surface area contributed by atoms with Crippen LogP contribution in [0.15, 0.2) is 24.3 Å². The second-order valence-corrected chi connectivity index (χ2v) is 4.00. The molecule has 1 aliphatic rings. The largest absolute Gasteiger partial charge is 0.323 e. The van der Waals surface area contributed by atoms with Crippen LogP contribution in [0.3, 0.4) is 0 Å². The molecule has 0 saturated heterocycles. The summed E-state index contributed by atoms with van der Waals surface area (Å²) >= 11 is 0. The smallest absolute Gasteiger partial charge is 0.244 e. The number of rotatable bonds is 2. The Hall–Kier alpha value is -1.88. The number of para-hydroxylation sites is 2. The van der Waals surface area contributed by atoms with Crippen LogP contribution in [-0.2, 0) is 9.59 Å². The zero-order valence-electron chi connectivity index (χ0n) is 9.64. The molecule has 5 heteroatoms. The summed E-state index contributed by atoms with van der Waals surface area (Å²) in [6, 6.07) is 6.65. The van der Waals surface area contributed by atoms with Crippen molar-refractivity contribution in [2.45, 2.75) is 19.4 Å². The maximum absolute atomic E-state index is 12.1. The van der Waals surface area contributed by atoms with Gasteiger partial charge in [0.15, 0.2) is 0 Å². The van der Waals surface area contributed by atoms with Gasteiger partial charge in [-0.25, -0.2) is 0 Å². The molecule has 0 aromatic heterocycles. The highest BCUT2D eigenvalue weighted by atomic mass is 16.2. The van der Waals surface area contributed by atoms with E-state index < -0.39 is 6.04 Å². The molecule has 1 aromatic rings. The summed E-state index contributed by atoms with van der Waals surface area (Å²) in [5.41, 5.74) is 7.09. The van der Waals surface area contributed by atoms with Crippen molar-refractivity contribution in [1.29, 1.82) is 0 Å². The second kappa shape index (κ2) is 4.55. The fraction of sp³-hybridized carbons (Fsp3) is 0.333.